The average molecular weight is 379 g/mol. The van der Waals surface area contributed by atoms with Crippen LogP contribution in [-0.4, -0.2) is 41.9 Å². The molecule has 0 bridgehead atoms. The first-order valence-corrected chi connectivity index (χ1v) is 8.22. The lowest BCUT2D eigenvalue weighted by Crippen LogP contribution is -2.28. The molecule has 0 spiro atoms. The van der Waals surface area contributed by atoms with E-state index in [-0.39, 0.29) is 42.5 Å². The van der Waals surface area contributed by atoms with Crippen LogP contribution in [0.4, 0.5) is 5.69 Å². The van der Waals surface area contributed by atoms with Gasteiger partial charge in [-0.05, 0) is 23.3 Å². The summed E-state index contributed by atoms with van der Waals surface area (Å²) < 4.78 is 6.40. The number of carbonyl (C=O) groups excluding carboxylic acids is 2. The van der Waals surface area contributed by atoms with Crippen molar-refractivity contribution in [3.8, 4) is 0 Å². The van der Waals surface area contributed by atoms with Crippen molar-refractivity contribution in [2.24, 2.45) is 13.0 Å². The molecule has 2 aromatic rings. The quantitative estimate of drug-likeness (QED) is 0.770. The molecule has 1 aliphatic heterocycles. The number of aromatic nitrogens is 2. The number of anilines is 1. The van der Waals surface area contributed by atoms with Gasteiger partial charge in [0.25, 0.3) is 0 Å². The summed E-state index contributed by atoms with van der Waals surface area (Å²) in [4.78, 5) is 23.9. The monoisotopic (exact) mass is 378 g/mol. The highest BCUT2D eigenvalue weighted by Crippen LogP contribution is 2.28. The summed E-state index contributed by atoms with van der Waals surface area (Å²) in [7, 11) is 3.24. The first-order chi connectivity index (χ1) is 12.1. The molecule has 0 aliphatic carbocycles. The molecule has 2 atom stereocenters. The van der Waals surface area contributed by atoms with Gasteiger partial charge in [0, 0.05) is 37.9 Å². The molecule has 7 nitrogen and oxygen atoms in total. The Balaban J connectivity index is 0.00000243. The number of ether oxygens (including phenoxy) is 1. The molecule has 1 fully saturated rings. The third-order valence-electron chi connectivity index (χ3n) is 4.50. The van der Waals surface area contributed by atoms with E-state index in [9.17, 15) is 9.59 Å². The van der Waals surface area contributed by atoms with E-state index in [1.54, 1.807) is 16.8 Å². The number of hydrogen-bond acceptors (Lipinski definition) is 5. The van der Waals surface area contributed by atoms with Gasteiger partial charge in [-0.2, -0.15) is 5.10 Å². The standard InChI is InChI=1S/C18H22N4O3.ClH/c1-22-11-13(8-20-22)15-9-19-10-16(15)18(24)21-14-5-3-12(4-6-14)7-17(23)25-2;/h3-6,8,11,15-16,19H,7,9-10H2,1-2H3,(H,21,24);1H/t15-,16+;/m1./s1. The Bertz CT molecular complexity index is 760. The van der Waals surface area contributed by atoms with Gasteiger partial charge in [0.2, 0.25) is 5.91 Å². The van der Waals surface area contributed by atoms with Gasteiger partial charge in [0.1, 0.15) is 0 Å². The number of carbonyl (C=O) groups is 2. The summed E-state index contributed by atoms with van der Waals surface area (Å²) >= 11 is 0. The fraction of sp³-hybridized carbons (Fsp3) is 0.389. The first-order valence-electron chi connectivity index (χ1n) is 8.22. The zero-order chi connectivity index (χ0) is 17.8. The Morgan fingerprint density at radius 2 is 2.04 bits per heavy atom. The molecule has 0 unspecified atom stereocenters. The maximum Gasteiger partial charge on any atom is 0.309 e. The van der Waals surface area contributed by atoms with E-state index in [1.165, 1.54) is 7.11 Å². The second kappa shape index (κ2) is 8.82. The molecule has 0 radical (unpaired) electrons. The molecule has 2 N–H and O–H groups in total. The van der Waals surface area contributed by atoms with Crippen molar-refractivity contribution in [1.29, 1.82) is 0 Å². The molecule has 1 aromatic heterocycles. The highest BCUT2D eigenvalue weighted by molar-refractivity contribution is 5.93. The SMILES string of the molecule is COC(=O)Cc1ccc(NC(=O)[C@H]2CNC[C@@H]2c2cnn(C)c2)cc1.Cl. The van der Waals surface area contributed by atoms with Crippen LogP contribution in [0.5, 0.6) is 0 Å². The minimum atomic E-state index is -0.284. The minimum absolute atomic E-state index is 0. The predicted octanol–water partition coefficient (Wildman–Crippen LogP) is 1.50. The van der Waals surface area contributed by atoms with E-state index in [0.29, 0.717) is 6.54 Å². The second-order valence-electron chi connectivity index (χ2n) is 6.26. The number of nitrogens with one attached hydrogen (secondary N) is 2. The number of amides is 1. The first kappa shape index (κ1) is 19.9. The highest BCUT2D eigenvalue weighted by Gasteiger charge is 2.34. The van der Waals surface area contributed by atoms with Crippen LogP contribution in [0.15, 0.2) is 36.7 Å². The summed E-state index contributed by atoms with van der Waals surface area (Å²) in [5, 5.41) is 10.4. The van der Waals surface area contributed by atoms with Crippen LogP contribution in [0.1, 0.15) is 17.0 Å². The Morgan fingerprint density at radius 1 is 1.31 bits per heavy atom. The molecule has 8 heteroatoms. The van der Waals surface area contributed by atoms with Crippen LogP contribution in [0.2, 0.25) is 0 Å². The molecule has 2 heterocycles. The van der Waals surface area contributed by atoms with Crippen molar-refractivity contribution in [3.05, 3.63) is 47.8 Å². The maximum absolute atomic E-state index is 12.7. The number of rotatable bonds is 5. The Morgan fingerprint density at radius 3 is 2.65 bits per heavy atom. The van der Waals surface area contributed by atoms with E-state index in [2.05, 4.69) is 20.5 Å². The fourth-order valence-corrected chi connectivity index (χ4v) is 3.12. The number of methoxy groups -OCH3 is 1. The van der Waals surface area contributed by atoms with E-state index in [4.69, 9.17) is 0 Å². The molecule has 1 saturated heterocycles. The zero-order valence-corrected chi connectivity index (χ0v) is 15.6. The number of benzene rings is 1. The number of aryl methyl sites for hydroxylation is 1. The molecule has 1 aromatic carbocycles. The van der Waals surface area contributed by atoms with Gasteiger partial charge in [0.15, 0.2) is 0 Å². The molecular weight excluding hydrogens is 356 g/mol. The molecule has 3 rings (SSSR count). The fourth-order valence-electron chi connectivity index (χ4n) is 3.12. The molecule has 26 heavy (non-hydrogen) atoms. The minimum Gasteiger partial charge on any atom is -0.469 e. The van der Waals surface area contributed by atoms with Crippen molar-refractivity contribution in [3.63, 3.8) is 0 Å². The Kier molecular flexibility index (Phi) is 6.76. The number of esters is 1. The van der Waals surface area contributed by atoms with Crippen molar-refractivity contribution in [2.75, 3.05) is 25.5 Å². The van der Waals surface area contributed by atoms with Crippen molar-refractivity contribution >= 4 is 30.0 Å². The van der Waals surface area contributed by atoms with Crippen molar-refractivity contribution in [2.45, 2.75) is 12.3 Å². The number of nitrogens with zero attached hydrogens (tertiary/aromatic N) is 2. The summed E-state index contributed by atoms with van der Waals surface area (Å²) in [6.45, 7) is 1.41. The topological polar surface area (TPSA) is 85.2 Å². The van der Waals surface area contributed by atoms with Gasteiger partial charge in [0.05, 0.1) is 25.6 Å². The smallest absolute Gasteiger partial charge is 0.309 e. The third-order valence-corrected chi connectivity index (χ3v) is 4.50. The number of halogens is 1. The van der Waals surface area contributed by atoms with Crippen LogP contribution in [0, 0.1) is 5.92 Å². The molecular formula is C18H23ClN4O3. The third kappa shape index (κ3) is 4.62. The van der Waals surface area contributed by atoms with E-state index in [1.807, 2.05) is 31.6 Å². The Labute approximate surface area is 158 Å². The van der Waals surface area contributed by atoms with Gasteiger partial charge < -0.3 is 15.4 Å². The normalized spacial score (nSPS) is 18.8. The lowest BCUT2D eigenvalue weighted by molar-refractivity contribution is -0.139. The lowest BCUT2D eigenvalue weighted by atomic mass is 9.90. The van der Waals surface area contributed by atoms with E-state index < -0.39 is 0 Å². The van der Waals surface area contributed by atoms with Gasteiger partial charge in [-0.3, -0.25) is 14.3 Å². The summed E-state index contributed by atoms with van der Waals surface area (Å²) in [5.74, 6) is -0.320. The summed E-state index contributed by atoms with van der Waals surface area (Å²) in [6.07, 6.45) is 4.00. The van der Waals surface area contributed by atoms with Crippen molar-refractivity contribution in [1.82, 2.24) is 15.1 Å². The number of hydrogen-bond donors (Lipinski definition) is 2. The predicted molar refractivity (Wildman–Crippen MR) is 100 cm³/mol. The van der Waals surface area contributed by atoms with Crippen molar-refractivity contribution < 1.29 is 14.3 Å². The highest BCUT2D eigenvalue weighted by atomic mass is 35.5. The van der Waals surface area contributed by atoms with Crippen LogP contribution in [0.3, 0.4) is 0 Å². The van der Waals surface area contributed by atoms with Crippen LogP contribution in [-0.2, 0) is 27.8 Å². The molecule has 1 aliphatic rings. The van der Waals surface area contributed by atoms with Crippen LogP contribution in [0.25, 0.3) is 0 Å². The van der Waals surface area contributed by atoms with Crippen LogP contribution < -0.4 is 10.6 Å². The lowest BCUT2D eigenvalue weighted by Gasteiger charge is -2.17. The summed E-state index contributed by atoms with van der Waals surface area (Å²) in [5.41, 5.74) is 2.64. The largest absolute Gasteiger partial charge is 0.469 e. The zero-order valence-electron chi connectivity index (χ0n) is 14.8. The van der Waals surface area contributed by atoms with Gasteiger partial charge in [-0.15, -0.1) is 12.4 Å². The average Bonchev–Trinajstić information content (AvgIpc) is 3.25. The summed E-state index contributed by atoms with van der Waals surface area (Å²) in [6, 6.07) is 7.24. The van der Waals surface area contributed by atoms with Gasteiger partial charge >= 0.3 is 5.97 Å². The molecule has 0 saturated carbocycles. The van der Waals surface area contributed by atoms with Gasteiger partial charge in [-0.25, -0.2) is 0 Å². The molecule has 1 amide bonds. The second-order valence-corrected chi connectivity index (χ2v) is 6.26. The van der Waals surface area contributed by atoms with Gasteiger partial charge in [-0.1, -0.05) is 12.1 Å². The molecule has 140 valence electrons. The van der Waals surface area contributed by atoms with E-state index >= 15 is 0 Å². The Hall–Kier alpha value is -2.38. The van der Waals surface area contributed by atoms with Crippen LogP contribution >= 0.6 is 12.4 Å². The maximum atomic E-state index is 12.7. The van der Waals surface area contributed by atoms with E-state index in [0.717, 1.165) is 23.4 Å².